The molecule has 20 heavy (non-hydrogen) atoms. The van der Waals surface area contributed by atoms with Gasteiger partial charge >= 0.3 is 0 Å². The summed E-state index contributed by atoms with van der Waals surface area (Å²) in [4.78, 5) is 1.76. The molecule has 112 valence electrons. The molecule has 3 N–H and O–H groups in total. The van der Waals surface area contributed by atoms with Gasteiger partial charge in [-0.15, -0.1) is 0 Å². The van der Waals surface area contributed by atoms with Crippen molar-refractivity contribution in [3.05, 3.63) is 29.6 Å². The lowest BCUT2D eigenvalue weighted by Crippen LogP contribution is -2.46. The second-order valence-electron chi connectivity index (χ2n) is 5.66. The number of nitrogens with zero attached hydrogens (tertiary/aromatic N) is 1. The third-order valence-electron chi connectivity index (χ3n) is 3.85. The van der Waals surface area contributed by atoms with Crippen LogP contribution in [0.3, 0.4) is 0 Å². The number of nitrogens with two attached hydrogens (primary N) is 1. The molecule has 1 aliphatic rings. The van der Waals surface area contributed by atoms with Gasteiger partial charge in [0, 0.05) is 45.7 Å². The van der Waals surface area contributed by atoms with Gasteiger partial charge in [0.1, 0.15) is 5.82 Å². The highest BCUT2D eigenvalue weighted by Crippen LogP contribution is 2.30. The molecule has 0 saturated carbocycles. The minimum Gasteiger partial charge on any atom is -0.388 e. The minimum absolute atomic E-state index is 0.257. The number of anilines is 1. The quantitative estimate of drug-likeness (QED) is 0.884. The largest absolute Gasteiger partial charge is 0.388 e. The van der Waals surface area contributed by atoms with Crippen LogP contribution >= 0.6 is 0 Å². The molecule has 1 atom stereocenters. The van der Waals surface area contributed by atoms with E-state index in [2.05, 4.69) is 0 Å². The number of para-hydroxylation sites is 1. The fourth-order valence-corrected chi connectivity index (χ4v) is 2.73. The van der Waals surface area contributed by atoms with Crippen LogP contribution in [-0.2, 0) is 4.74 Å². The number of hydrogen-bond donors (Lipinski definition) is 2. The molecule has 0 unspecified atom stereocenters. The Bertz CT molecular complexity index is 459. The highest BCUT2D eigenvalue weighted by atomic mass is 19.1. The molecule has 5 heteroatoms. The molecule has 2 rings (SSSR count). The van der Waals surface area contributed by atoms with Crippen LogP contribution in [0.15, 0.2) is 18.2 Å². The van der Waals surface area contributed by atoms with Crippen LogP contribution in [0, 0.1) is 5.82 Å². The maximum Gasteiger partial charge on any atom is 0.146 e. The molecule has 0 spiro atoms. The molecule has 1 heterocycles. The Morgan fingerprint density at radius 1 is 1.45 bits per heavy atom. The van der Waals surface area contributed by atoms with Crippen LogP contribution < -0.4 is 10.6 Å². The first-order valence-electron chi connectivity index (χ1n) is 6.98. The van der Waals surface area contributed by atoms with E-state index in [-0.39, 0.29) is 11.9 Å². The Hall–Kier alpha value is -1.17. The summed E-state index contributed by atoms with van der Waals surface area (Å²) in [5, 5.41) is 10.5. The first kappa shape index (κ1) is 15.2. The normalized spacial score (nSPS) is 19.6. The Morgan fingerprint density at radius 3 is 2.70 bits per heavy atom. The van der Waals surface area contributed by atoms with Crippen LogP contribution in [0.25, 0.3) is 0 Å². The van der Waals surface area contributed by atoms with Gasteiger partial charge in [-0.2, -0.15) is 0 Å². The molecule has 0 amide bonds. The predicted molar refractivity (Wildman–Crippen MR) is 77.3 cm³/mol. The van der Waals surface area contributed by atoms with Gasteiger partial charge in [-0.05, 0) is 18.6 Å². The minimum atomic E-state index is -0.829. The van der Waals surface area contributed by atoms with E-state index in [0.717, 1.165) is 5.56 Å². The van der Waals surface area contributed by atoms with Crippen LogP contribution in [0.4, 0.5) is 10.1 Å². The molecule has 1 aliphatic heterocycles. The van der Waals surface area contributed by atoms with Crippen LogP contribution in [0.5, 0.6) is 0 Å². The Balaban J connectivity index is 2.22. The number of hydrogen-bond acceptors (Lipinski definition) is 4. The van der Waals surface area contributed by atoms with E-state index in [1.54, 1.807) is 18.0 Å². The topological polar surface area (TPSA) is 58.7 Å². The maximum absolute atomic E-state index is 14.1. The Labute approximate surface area is 119 Å². The molecule has 1 fully saturated rings. The van der Waals surface area contributed by atoms with Crippen molar-refractivity contribution in [2.45, 2.75) is 31.4 Å². The van der Waals surface area contributed by atoms with Crippen molar-refractivity contribution in [1.82, 2.24) is 0 Å². The van der Waals surface area contributed by atoms with E-state index in [9.17, 15) is 9.50 Å². The number of aliphatic hydroxyl groups is 1. The van der Waals surface area contributed by atoms with Gasteiger partial charge in [0.25, 0.3) is 0 Å². The fraction of sp³-hybridized carbons (Fsp3) is 0.600. The molecular formula is C15H23FN2O2. The Morgan fingerprint density at radius 2 is 2.10 bits per heavy atom. The highest BCUT2D eigenvalue weighted by molar-refractivity contribution is 5.55. The summed E-state index contributed by atoms with van der Waals surface area (Å²) in [7, 11) is 1.79. The van der Waals surface area contributed by atoms with E-state index in [1.165, 1.54) is 6.07 Å². The summed E-state index contributed by atoms with van der Waals surface area (Å²) in [5.41, 5.74) is 6.31. The monoisotopic (exact) mass is 282 g/mol. The fourth-order valence-electron chi connectivity index (χ4n) is 2.73. The van der Waals surface area contributed by atoms with Crippen molar-refractivity contribution in [3.63, 3.8) is 0 Å². The van der Waals surface area contributed by atoms with Crippen molar-refractivity contribution < 1.29 is 14.2 Å². The maximum atomic E-state index is 14.1. The van der Waals surface area contributed by atoms with E-state index in [4.69, 9.17) is 10.5 Å². The standard InChI is InChI=1S/C15H23FN2O2/c1-11(17)12-4-3-5-13(16)14(12)18(2)10-15(19)6-8-20-9-7-15/h3-5,11,19H,6-10,17H2,1-2H3/t11-/m0/s1. The molecular weight excluding hydrogens is 259 g/mol. The van der Waals surface area contributed by atoms with Gasteiger partial charge in [0.05, 0.1) is 11.3 Å². The van der Waals surface area contributed by atoms with Crippen molar-refractivity contribution >= 4 is 5.69 Å². The third-order valence-corrected chi connectivity index (χ3v) is 3.85. The molecule has 1 saturated heterocycles. The molecule has 1 aromatic rings. The zero-order valence-corrected chi connectivity index (χ0v) is 12.1. The third kappa shape index (κ3) is 3.29. The lowest BCUT2D eigenvalue weighted by atomic mass is 9.93. The Kier molecular flexibility index (Phi) is 4.62. The van der Waals surface area contributed by atoms with E-state index < -0.39 is 5.60 Å². The highest BCUT2D eigenvalue weighted by Gasteiger charge is 2.32. The molecule has 4 nitrogen and oxygen atoms in total. The summed E-state index contributed by atoms with van der Waals surface area (Å²) in [6.07, 6.45) is 1.14. The van der Waals surface area contributed by atoms with Gasteiger partial charge in [-0.1, -0.05) is 12.1 Å². The smallest absolute Gasteiger partial charge is 0.146 e. The molecule has 0 aliphatic carbocycles. The first-order chi connectivity index (χ1) is 9.43. The SMILES string of the molecule is C[C@H](N)c1cccc(F)c1N(C)CC1(O)CCOCC1. The van der Waals surface area contributed by atoms with Crippen LogP contribution in [-0.4, -0.2) is 37.5 Å². The number of likely N-dealkylation sites (N-methyl/N-ethyl adjacent to an activating group) is 1. The predicted octanol–water partition coefficient (Wildman–Crippen LogP) is 1.82. The second-order valence-corrected chi connectivity index (χ2v) is 5.66. The summed E-state index contributed by atoms with van der Waals surface area (Å²) < 4.78 is 19.4. The lowest BCUT2D eigenvalue weighted by Gasteiger charge is -2.37. The summed E-state index contributed by atoms with van der Waals surface area (Å²) in [6, 6.07) is 4.65. The molecule has 0 aromatic heterocycles. The van der Waals surface area contributed by atoms with E-state index >= 15 is 0 Å². The molecule has 0 radical (unpaired) electrons. The zero-order valence-electron chi connectivity index (χ0n) is 12.1. The van der Waals surface area contributed by atoms with Crippen molar-refractivity contribution in [1.29, 1.82) is 0 Å². The summed E-state index contributed by atoms with van der Waals surface area (Å²) >= 11 is 0. The number of halogens is 1. The van der Waals surface area contributed by atoms with Gasteiger partial charge in [0.2, 0.25) is 0 Å². The summed E-state index contributed by atoms with van der Waals surface area (Å²) in [6.45, 7) is 3.29. The second kappa shape index (κ2) is 6.08. The zero-order chi connectivity index (χ0) is 14.8. The van der Waals surface area contributed by atoms with Crippen molar-refractivity contribution in [2.75, 3.05) is 31.7 Å². The lowest BCUT2D eigenvalue weighted by molar-refractivity contribution is -0.0573. The van der Waals surface area contributed by atoms with Gasteiger partial charge < -0.3 is 20.5 Å². The molecule has 1 aromatic carbocycles. The van der Waals surface area contributed by atoms with Crippen LogP contribution in [0.2, 0.25) is 0 Å². The van der Waals surface area contributed by atoms with Crippen LogP contribution in [0.1, 0.15) is 31.4 Å². The van der Waals surface area contributed by atoms with Crippen molar-refractivity contribution in [2.24, 2.45) is 5.73 Å². The average molecular weight is 282 g/mol. The van der Waals surface area contributed by atoms with E-state index in [0.29, 0.717) is 38.3 Å². The average Bonchev–Trinajstić information content (AvgIpc) is 2.38. The van der Waals surface area contributed by atoms with Gasteiger partial charge in [-0.25, -0.2) is 4.39 Å². The first-order valence-corrected chi connectivity index (χ1v) is 6.98. The number of benzene rings is 1. The molecule has 0 bridgehead atoms. The van der Waals surface area contributed by atoms with Gasteiger partial charge in [-0.3, -0.25) is 0 Å². The van der Waals surface area contributed by atoms with Gasteiger partial charge in [0.15, 0.2) is 0 Å². The van der Waals surface area contributed by atoms with E-state index in [1.807, 2.05) is 13.0 Å². The summed E-state index contributed by atoms with van der Waals surface area (Å²) in [5.74, 6) is -0.307. The number of ether oxygens (including phenoxy) is 1. The van der Waals surface area contributed by atoms with Crippen molar-refractivity contribution in [3.8, 4) is 0 Å². The number of rotatable bonds is 4.